The number of pyridine rings is 2. The van der Waals surface area contributed by atoms with Gasteiger partial charge in [0.2, 0.25) is 0 Å². The number of hydrogen-bond donors (Lipinski definition) is 0. The van der Waals surface area contributed by atoms with E-state index < -0.39 is 0 Å². The predicted molar refractivity (Wildman–Crippen MR) is 72.7 cm³/mol. The Hall–Kier alpha value is -1.74. The maximum Gasteiger partial charge on any atom is 0.0894 e. The number of aromatic nitrogens is 2. The van der Waals surface area contributed by atoms with Crippen LogP contribution < -0.4 is 0 Å². The van der Waals surface area contributed by atoms with Crippen molar-refractivity contribution in [3.63, 3.8) is 0 Å². The molecule has 0 bridgehead atoms. The second-order valence-electron chi connectivity index (χ2n) is 3.72. The summed E-state index contributed by atoms with van der Waals surface area (Å²) in [6.07, 6.45) is 1.78. The summed E-state index contributed by atoms with van der Waals surface area (Å²) in [6.45, 7) is 0. The molecule has 0 amide bonds. The maximum absolute atomic E-state index is 4.64. The van der Waals surface area contributed by atoms with Crippen LogP contribution in [0.4, 0.5) is 0 Å². The number of nitrogens with zero attached hydrogens (tertiary/aromatic N) is 2. The molecule has 0 N–H and O–H groups in total. The summed E-state index contributed by atoms with van der Waals surface area (Å²) in [5.74, 6) is 0. The Morgan fingerprint density at radius 3 is 2.59 bits per heavy atom. The van der Waals surface area contributed by atoms with Crippen molar-refractivity contribution in [2.24, 2.45) is 0 Å². The van der Waals surface area contributed by atoms with Crippen molar-refractivity contribution in [2.75, 3.05) is 0 Å². The fourth-order valence-corrected chi connectivity index (χ4v) is 2.24. The van der Waals surface area contributed by atoms with Crippen LogP contribution in [0.5, 0.6) is 0 Å². The molecule has 3 heteroatoms. The number of hydrogen-bond acceptors (Lipinski definition) is 2. The van der Waals surface area contributed by atoms with E-state index in [9.17, 15) is 0 Å². The van der Waals surface area contributed by atoms with Gasteiger partial charge in [-0.15, -0.1) is 0 Å². The Labute approximate surface area is 107 Å². The summed E-state index contributed by atoms with van der Waals surface area (Å²) in [7, 11) is 0. The average Bonchev–Trinajstić information content (AvgIpc) is 2.40. The van der Waals surface area contributed by atoms with Crippen molar-refractivity contribution in [2.45, 2.75) is 0 Å². The lowest BCUT2D eigenvalue weighted by Gasteiger charge is -2.03. The quantitative estimate of drug-likeness (QED) is 0.673. The zero-order valence-corrected chi connectivity index (χ0v) is 10.6. The molecule has 3 aromatic rings. The van der Waals surface area contributed by atoms with Gasteiger partial charge in [-0.2, -0.15) is 0 Å². The minimum absolute atomic E-state index is 0.894. The lowest BCUT2D eigenvalue weighted by molar-refractivity contribution is 1.27. The number of benzene rings is 1. The lowest BCUT2D eigenvalue weighted by atomic mass is 10.2. The van der Waals surface area contributed by atoms with E-state index in [4.69, 9.17) is 0 Å². The van der Waals surface area contributed by atoms with E-state index in [1.54, 1.807) is 6.20 Å². The van der Waals surface area contributed by atoms with Crippen LogP contribution in [0.25, 0.3) is 22.3 Å². The SMILES string of the molecule is Brc1cccc2ccc(-c3ccccn3)nc12. The first-order valence-electron chi connectivity index (χ1n) is 5.31. The first kappa shape index (κ1) is 10.4. The van der Waals surface area contributed by atoms with Crippen molar-refractivity contribution in [3.8, 4) is 11.4 Å². The van der Waals surface area contributed by atoms with Crippen LogP contribution in [0.3, 0.4) is 0 Å². The molecule has 0 aliphatic heterocycles. The van der Waals surface area contributed by atoms with E-state index >= 15 is 0 Å². The standard InChI is InChI=1S/C14H9BrN2/c15-11-5-3-4-10-7-8-13(17-14(10)11)12-6-1-2-9-16-12/h1-9H. The third-order valence-electron chi connectivity index (χ3n) is 2.60. The number of halogens is 1. The van der Waals surface area contributed by atoms with Crippen molar-refractivity contribution < 1.29 is 0 Å². The Balaban J connectivity index is 2.23. The van der Waals surface area contributed by atoms with Crippen LogP contribution in [-0.4, -0.2) is 9.97 Å². The molecule has 17 heavy (non-hydrogen) atoms. The van der Waals surface area contributed by atoms with Crippen LogP contribution in [0, 0.1) is 0 Å². The summed E-state index contributed by atoms with van der Waals surface area (Å²) in [4.78, 5) is 8.94. The summed E-state index contributed by atoms with van der Waals surface area (Å²) in [5, 5.41) is 1.12. The fraction of sp³-hybridized carbons (Fsp3) is 0. The molecule has 0 saturated heterocycles. The third-order valence-corrected chi connectivity index (χ3v) is 3.24. The molecule has 0 radical (unpaired) electrons. The number of fused-ring (bicyclic) bond motifs is 1. The minimum Gasteiger partial charge on any atom is -0.255 e. The van der Waals surface area contributed by atoms with Crippen LogP contribution in [-0.2, 0) is 0 Å². The molecule has 0 atom stereocenters. The Kier molecular flexibility index (Phi) is 2.61. The first-order valence-corrected chi connectivity index (χ1v) is 6.10. The molecule has 2 aromatic heterocycles. The van der Waals surface area contributed by atoms with E-state index in [-0.39, 0.29) is 0 Å². The summed E-state index contributed by atoms with van der Waals surface area (Å²) >= 11 is 3.52. The van der Waals surface area contributed by atoms with E-state index in [0.717, 1.165) is 26.8 Å². The zero-order valence-electron chi connectivity index (χ0n) is 8.97. The molecule has 3 rings (SSSR count). The van der Waals surface area contributed by atoms with Gasteiger partial charge in [0.15, 0.2) is 0 Å². The van der Waals surface area contributed by atoms with Crippen molar-refractivity contribution in [1.82, 2.24) is 9.97 Å². The van der Waals surface area contributed by atoms with Crippen molar-refractivity contribution in [1.29, 1.82) is 0 Å². The third kappa shape index (κ3) is 1.94. The number of rotatable bonds is 1. The molecular formula is C14H9BrN2. The highest BCUT2D eigenvalue weighted by molar-refractivity contribution is 9.10. The van der Waals surface area contributed by atoms with Gasteiger partial charge in [-0.05, 0) is 40.2 Å². The highest BCUT2D eigenvalue weighted by Crippen LogP contribution is 2.24. The van der Waals surface area contributed by atoms with Gasteiger partial charge in [-0.1, -0.05) is 24.3 Å². The molecule has 2 heterocycles. The molecule has 82 valence electrons. The van der Waals surface area contributed by atoms with Gasteiger partial charge in [0.05, 0.1) is 16.9 Å². The van der Waals surface area contributed by atoms with Crippen molar-refractivity contribution in [3.05, 3.63) is 59.2 Å². The number of para-hydroxylation sites is 1. The summed E-state index contributed by atoms with van der Waals surface area (Å²) in [5.41, 5.74) is 2.76. The first-order chi connectivity index (χ1) is 8.34. The summed E-state index contributed by atoms with van der Waals surface area (Å²) < 4.78 is 1.01. The molecule has 0 aliphatic carbocycles. The molecule has 2 nitrogen and oxygen atoms in total. The molecule has 0 spiro atoms. The lowest BCUT2D eigenvalue weighted by Crippen LogP contribution is -1.88. The Morgan fingerprint density at radius 1 is 0.824 bits per heavy atom. The molecular weight excluding hydrogens is 276 g/mol. The molecule has 0 fully saturated rings. The van der Waals surface area contributed by atoms with Crippen LogP contribution >= 0.6 is 15.9 Å². The second-order valence-corrected chi connectivity index (χ2v) is 4.58. The van der Waals surface area contributed by atoms with Gasteiger partial charge < -0.3 is 0 Å². The maximum atomic E-state index is 4.64. The van der Waals surface area contributed by atoms with E-state index in [1.807, 2.05) is 36.4 Å². The summed E-state index contributed by atoms with van der Waals surface area (Å²) in [6, 6.07) is 16.0. The van der Waals surface area contributed by atoms with Crippen LogP contribution in [0.2, 0.25) is 0 Å². The van der Waals surface area contributed by atoms with Gasteiger partial charge >= 0.3 is 0 Å². The van der Waals surface area contributed by atoms with Gasteiger partial charge in [0.25, 0.3) is 0 Å². The zero-order chi connectivity index (χ0) is 11.7. The molecule has 0 saturated carbocycles. The molecule has 0 unspecified atom stereocenters. The second kappa shape index (κ2) is 4.26. The predicted octanol–water partition coefficient (Wildman–Crippen LogP) is 4.06. The van der Waals surface area contributed by atoms with Gasteiger partial charge in [-0.3, -0.25) is 4.98 Å². The van der Waals surface area contributed by atoms with Crippen molar-refractivity contribution >= 4 is 26.8 Å². The van der Waals surface area contributed by atoms with Crippen LogP contribution in [0.15, 0.2) is 59.2 Å². The largest absolute Gasteiger partial charge is 0.255 e. The Bertz CT molecular complexity index is 665. The smallest absolute Gasteiger partial charge is 0.0894 e. The van der Waals surface area contributed by atoms with Gasteiger partial charge in [0.1, 0.15) is 0 Å². The van der Waals surface area contributed by atoms with Gasteiger partial charge in [-0.25, -0.2) is 4.98 Å². The topological polar surface area (TPSA) is 25.8 Å². The van der Waals surface area contributed by atoms with E-state index in [1.165, 1.54) is 0 Å². The highest BCUT2D eigenvalue weighted by atomic mass is 79.9. The normalized spacial score (nSPS) is 10.6. The van der Waals surface area contributed by atoms with E-state index in [2.05, 4.69) is 38.0 Å². The molecule has 0 aliphatic rings. The molecule has 1 aromatic carbocycles. The fourth-order valence-electron chi connectivity index (χ4n) is 1.77. The minimum atomic E-state index is 0.894. The monoisotopic (exact) mass is 284 g/mol. The van der Waals surface area contributed by atoms with Gasteiger partial charge in [0, 0.05) is 16.1 Å². The van der Waals surface area contributed by atoms with E-state index in [0.29, 0.717) is 0 Å². The van der Waals surface area contributed by atoms with Crippen LogP contribution in [0.1, 0.15) is 0 Å². The average molecular weight is 285 g/mol. The highest BCUT2D eigenvalue weighted by Gasteiger charge is 2.04. The Morgan fingerprint density at radius 2 is 1.76 bits per heavy atom.